The molecule has 0 aliphatic carbocycles. The van der Waals surface area contributed by atoms with Crippen LogP contribution in [0.3, 0.4) is 0 Å². The molecule has 8 amide bonds. The number of benzene rings is 4. The van der Waals surface area contributed by atoms with E-state index in [1.807, 2.05) is 0 Å². The van der Waals surface area contributed by atoms with Crippen molar-refractivity contribution in [3.05, 3.63) is 95.1 Å². The van der Waals surface area contributed by atoms with Gasteiger partial charge < -0.3 is 96.3 Å². The Kier molecular flexibility index (Phi) is 27.5. The van der Waals surface area contributed by atoms with Gasteiger partial charge in [-0.2, -0.15) is 0 Å². The third kappa shape index (κ3) is 20.8. The summed E-state index contributed by atoms with van der Waals surface area (Å²) in [6.45, 7) is 1.23. The minimum atomic E-state index is -1.20. The molecule has 27 nitrogen and oxygen atoms in total. The molecule has 27 heteroatoms. The number of amides is 8. The van der Waals surface area contributed by atoms with Gasteiger partial charge in [0.1, 0.15) is 41.1 Å². The molecular formula is C56H79N15O12. The molecule has 0 radical (unpaired) electrons. The van der Waals surface area contributed by atoms with Crippen LogP contribution in [0.25, 0.3) is 0 Å². The SMILES string of the molecule is COc1ccc(NC(=O)[C@H](CCCN=C(N)N)NC(=O)c2cc(NC(=O)[C@H](CCCCN)NC(=O)c3cc(NC(=O)C(CCCCN)NC(=O)c4cc(NC(=O)[C@@H](N)CCCCN)ccc4OC)ccc3OC)ccc2OC)cc1C(N)=O. The van der Waals surface area contributed by atoms with Gasteiger partial charge in [-0.05, 0) is 157 Å². The molecule has 0 aliphatic rings. The zero-order valence-corrected chi connectivity index (χ0v) is 47.2. The van der Waals surface area contributed by atoms with Crippen LogP contribution in [-0.2, 0) is 19.2 Å². The smallest absolute Gasteiger partial charge is 0.255 e. The maximum Gasteiger partial charge on any atom is 0.255 e. The largest absolute Gasteiger partial charge is 0.496 e. The van der Waals surface area contributed by atoms with Crippen LogP contribution >= 0.6 is 0 Å². The Morgan fingerprint density at radius 2 is 0.723 bits per heavy atom. The standard InChI is InChI=1S/C56H79N15O12/c1-80-44-20-16-32(28-36(44)48(61)72)66-55(79)43(15-11-27-64-56(62)63)71-51(75)39-31-35(19-23-47(39)83-4)68-54(78)42(14-7-10-26-59)70-50(74)38-30-34(18-22-46(38)82-3)67-53(77)41(13-6-9-25-58)69-49(73)37-29-33(17-21-45(37)81-2)65-52(76)40(60)12-5-8-24-57/h16-23,28-31,40-43H,5-15,24-27,57-60H2,1-4H3,(H2,61,72)(H,65,76)(H,66,79)(H,67,77)(H,68,78)(H,69,73)(H,70,74)(H,71,75)(H4,62,63,64)/t40-,41?,42-,43-/m0/s1. The highest BCUT2D eigenvalue weighted by molar-refractivity contribution is 6.07. The normalized spacial score (nSPS) is 12.2. The van der Waals surface area contributed by atoms with Crippen molar-refractivity contribution in [2.24, 2.45) is 45.1 Å². The average Bonchev–Trinajstić information content (AvgIpc) is 3.48. The summed E-state index contributed by atoms with van der Waals surface area (Å²) in [4.78, 5) is 113. The number of hydrogen-bond donors (Lipinski definition) is 14. The summed E-state index contributed by atoms with van der Waals surface area (Å²) >= 11 is 0. The van der Waals surface area contributed by atoms with E-state index in [0.29, 0.717) is 64.6 Å². The Labute approximate surface area is 481 Å². The highest BCUT2D eigenvalue weighted by atomic mass is 16.5. The molecule has 0 heterocycles. The van der Waals surface area contributed by atoms with Gasteiger partial charge in [-0.3, -0.25) is 43.3 Å². The third-order valence-electron chi connectivity index (χ3n) is 12.9. The Morgan fingerprint density at radius 3 is 1.04 bits per heavy atom. The highest BCUT2D eigenvalue weighted by Gasteiger charge is 2.29. The van der Waals surface area contributed by atoms with E-state index in [-0.39, 0.29) is 106 Å². The van der Waals surface area contributed by atoms with Gasteiger partial charge in [0, 0.05) is 29.3 Å². The summed E-state index contributed by atoms with van der Waals surface area (Å²) in [5.74, 6) is -5.08. The van der Waals surface area contributed by atoms with Gasteiger partial charge in [-0.15, -0.1) is 0 Å². The molecule has 1 unspecified atom stereocenters. The van der Waals surface area contributed by atoms with Crippen LogP contribution in [0.1, 0.15) is 112 Å². The molecule has 450 valence electrons. The number of nitrogens with zero attached hydrogens (tertiary/aromatic N) is 1. The van der Waals surface area contributed by atoms with Crippen molar-refractivity contribution in [2.75, 3.05) is 75.9 Å². The van der Waals surface area contributed by atoms with Crippen molar-refractivity contribution in [3.8, 4) is 23.0 Å². The van der Waals surface area contributed by atoms with Crippen LogP contribution in [0.4, 0.5) is 22.7 Å². The number of carbonyl (C=O) groups is 8. The van der Waals surface area contributed by atoms with Crippen LogP contribution in [0.5, 0.6) is 23.0 Å². The molecule has 0 fully saturated rings. The number of unbranched alkanes of at least 4 members (excludes halogenated alkanes) is 3. The van der Waals surface area contributed by atoms with Crippen LogP contribution in [0, 0.1) is 0 Å². The lowest BCUT2D eigenvalue weighted by atomic mass is 10.1. The van der Waals surface area contributed by atoms with E-state index in [0.717, 1.165) is 0 Å². The Balaban J connectivity index is 1.56. The first-order valence-electron chi connectivity index (χ1n) is 26.9. The molecular weight excluding hydrogens is 1070 g/mol. The lowest BCUT2D eigenvalue weighted by Crippen LogP contribution is -2.44. The maximum atomic E-state index is 14.3. The van der Waals surface area contributed by atoms with Gasteiger partial charge >= 0.3 is 0 Å². The molecule has 0 spiro atoms. The van der Waals surface area contributed by atoms with Crippen LogP contribution in [0.15, 0.2) is 77.8 Å². The second-order valence-corrected chi connectivity index (χ2v) is 19.0. The Morgan fingerprint density at radius 1 is 0.422 bits per heavy atom. The zero-order valence-electron chi connectivity index (χ0n) is 47.2. The van der Waals surface area contributed by atoms with E-state index < -0.39 is 71.4 Å². The first kappa shape index (κ1) is 66.5. The predicted octanol–water partition coefficient (Wildman–Crippen LogP) is 1.74. The molecule has 4 rings (SSSR count). The van der Waals surface area contributed by atoms with Crippen molar-refractivity contribution < 1.29 is 57.3 Å². The fraction of sp³-hybridized carbons (Fsp3) is 0.411. The molecule has 0 aliphatic heterocycles. The average molecular weight is 1150 g/mol. The summed E-state index contributed by atoms with van der Waals surface area (Å²) in [6, 6.07) is 13.0. The number of carbonyl (C=O) groups excluding carboxylic acids is 8. The fourth-order valence-electron chi connectivity index (χ4n) is 8.43. The van der Waals surface area contributed by atoms with Crippen molar-refractivity contribution in [2.45, 2.75) is 94.8 Å². The van der Waals surface area contributed by atoms with Crippen LogP contribution in [0.2, 0.25) is 0 Å². The van der Waals surface area contributed by atoms with Crippen molar-refractivity contribution in [1.29, 1.82) is 0 Å². The molecule has 0 bridgehead atoms. The highest BCUT2D eigenvalue weighted by Crippen LogP contribution is 2.28. The lowest BCUT2D eigenvalue weighted by molar-refractivity contribution is -0.118. The number of primary amides is 1. The monoisotopic (exact) mass is 1150 g/mol. The first-order valence-corrected chi connectivity index (χ1v) is 26.9. The van der Waals surface area contributed by atoms with E-state index in [4.69, 9.17) is 59.1 Å². The number of nitrogens with two attached hydrogens (primary N) is 7. The summed E-state index contributed by atoms with van der Waals surface area (Å²) in [5, 5.41) is 19.2. The third-order valence-corrected chi connectivity index (χ3v) is 12.9. The van der Waals surface area contributed by atoms with Gasteiger partial charge in [-0.25, -0.2) is 0 Å². The summed E-state index contributed by atoms with van der Waals surface area (Å²) < 4.78 is 21.7. The molecule has 0 aromatic heterocycles. The number of nitrogens with one attached hydrogen (secondary N) is 7. The number of guanidine groups is 1. The molecule has 21 N–H and O–H groups in total. The first-order chi connectivity index (χ1) is 39.8. The van der Waals surface area contributed by atoms with Crippen LogP contribution < -0.4 is 96.3 Å². The van der Waals surface area contributed by atoms with E-state index in [1.165, 1.54) is 95.2 Å². The second kappa shape index (κ2) is 34.3. The number of anilines is 4. The molecule has 4 aromatic rings. The number of aliphatic imine (C=N–C) groups is 1. The van der Waals surface area contributed by atoms with E-state index in [1.54, 1.807) is 6.07 Å². The quantitative estimate of drug-likeness (QED) is 0.0177. The van der Waals surface area contributed by atoms with Gasteiger partial charge in [0.25, 0.3) is 23.6 Å². The topological polar surface area (TPSA) is 452 Å². The predicted molar refractivity (Wildman–Crippen MR) is 315 cm³/mol. The Hall–Kier alpha value is -9.05. The lowest BCUT2D eigenvalue weighted by Gasteiger charge is -2.22. The van der Waals surface area contributed by atoms with Gasteiger partial charge in [0.05, 0.1) is 56.7 Å². The molecule has 4 atom stereocenters. The second-order valence-electron chi connectivity index (χ2n) is 19.0. The molecule has 0 saturated heterocycles. The summed E-state index contributed by atoms with van der Waals surface area (Å²) in [5.41, 5.74) is 40.4. The number of ether oxygens (including phenoxy) is 4. The maximum absolute atomic E-state index is 14.3. The van der Waals surface area contributed by atoms with Crippen molar-refractivity contribution >= 4 is 76.0 Å². The van der Waals surface area contributed by atoms with Crippen LogP contribution in [-0.4, -0.2) is 132 Å². The molecule has 83 heavy (non-hydrogen) atoms. The molecule has 0 saturated carbocycles. The van der Waals surface area contributed by atoms with E-state index in [2.05, 4.69) is 42.2 Å². The number of hydrogen-bond acceptors (Lipinski definition) is 17. The van der Waals surface area contributed by atoms with Crippen molar-refractivity contribution in [1.82, 2.24) is 16.0 Å². The minimum Gasteiger partial charge on any atom is -0.496 e. The van der Waals surface area contributed by atoms with Gasteiger partial charge in [0.15, 0.2) is 5.96 Å². The molecule has 4 aromatic carbocycles. The van der Waals surface area contributed by atoms with Gasteiger partial charge in [-0.1, -0.05) is 6.42 Å². The Bertz CT molecular complexity index is 2920. The van der Waals surface area contributed by atoms with E-state index in [9.17, 15) is 38.4 Å². The van der Waals surface area contributed by atoms with Gasteiger partial charge in [0.2, 0.25) is 23.6 Å². The fourth-order valence-corrected chi connectivity index (χ4v) is 8.43. The summed E-state index contributed by atoms with van der Waals surface area (Å²) in [6.07, 6.45) is 4.28. The number of methoxy groups -OCH3 is 4. The number of rotatable bonds is 35. The zero-order chi connectivity index (χ0) is 61.0. The van der Waals surface area contributed by atoms with Crippen molar-refractivity contribution in [3.63, 3.8) is 0 Å². The summed E-state index contributed by atoms with van der Waals surface area (Å²) in [7, 11) is 5.40. The van der Waals surface area contributed by atoms with E-state index >= 15 is 0 Å². The minimum absolute atomic E-state index is 0.00633.